The van der Waals surface area contributed by atoms with Gasteiger partial charge in [-0.1, -0.05) is 11.6 Å². The fraction of sp³-hybridized carbons (Fsp3) is 0.500. The van der Waals surface area contributed by atoms with Crippen molar-refractivity contribution in [3.8, 4) is 0 Å². The number of nitrogens with zero attached hydrogens (tertiary/aromatic N) is 3. The van der Waals surface area contributed by atoms with Crippen molar-refractivity contribution in [1.82, 2.24) is 14.5 Å². The van der Waals surface area contributed by atoms with E-state index in [0.717, 1.165) is 17.4 Å². The zero-order valence-corrected chi connectivity index (χ0v) is 14.2. The van der Waals surface area contributed by atoms with Crippen molar-refractivity contribution >= 4 is 28.7 Å². The Balaban J connectivity index is 1.92. The van der Waals surface area contributed by atoms with Crippen LogP contribution >= 0.6 is 11.6 Å². The number of pyridine rings is 1. The highest BCUT2D eigenvalue weighted by Crippen LogP contribution is 2.34. The molecule has 1 amide bonds. The molecule has 2 aromatic rings. The summed E-state index contributed by atoms with van der Waals surface area (Å²) in [7, 11) is 0. The van der Waals surface area contributed by atoms with E-state index < -0.39 is 5.60 Å². The van der Waals surface area contributed by atoms with Gasteiger partial charge in [0.05, 0.1) is 6.61 Å². The number of hydrogen-bond acceptors (Lipinski definition) is 4. The number of likely N-dealkylation sites (tertiary alicyclic amines) is 1. The Hall–Kier alpha value is -1.79. The van der Waals surface area contributed by atoms with Crippen molar-refractivity contribution in [2.45, 2.75) is 45.6 Å². The number of carbonyl (C=O) groups excluding carboxylic acids is 1. The predicted octanol–water partition coefficient (Wildman–Crippen LogP) is 3.32. The van der Waals surface area contributed by atoms with Crippen LogP contribution in [0.1, 0.15) is 38.9 Å². The second-order valence-electron chi connectivity index (χ2n) is 6.67. The average Bonchev–Trinajstić information content (AvgIpc) is 2.78. The van der Waals surface area contributed by atoms with Crippen LogP contribution in [-0.4, -0.2) is 37.8 Å². The summed E-state index contributed by atoms with van der Waals surface area (Å²) in [6.07, 6.45) is 2.22. The van der Waals surface area contributed by atoms with Crippen molar-refractivity contribution in [2.24, 2.45) is 0 Å². The van der Waals surface area contributed by atoms with Crippen LogP contribution in [0, 0.1) is 0 Å². The maximum absolute atomic E-state index is 12.3. The van der Waals surface area contributed by atoms with Gasteiger partial charge in [-0.15, -0.1) is 0 Å². The number of ether oxygens (including phenoxy) is 1. The second-order valence-corrected chi connectivity index (χ2v) is 7.05. The van der Waals surface area contributed by atoms with Crippen LogP contribution in [0.3, 0.4) is 0 Å². The summed E-state index contributed by atoms with van der Waals surface area (Å²) in [6, 6.07) is 3.54. The number of rotatable bonds is 2. The van der Waals surface area contributed by atoms with Gasteiger partial charge in [0.1, 0.15) is 22.6 Å². The molecule has 1 aliphatic rings. The first-order valence-corrected chi connectivity index (χ1v) is 7.94. The summed E-state index contributed by atoms with van der Waals surface area (Å²) in [5.41, 5.74) is 0.864. The fourth-order valence-corrected chi connectivity index (χ4v) is 2.94. The van der Waals surface area contributed by atoms with E-state index in [1.807, 2.05) is 37.6 Å². The van der Waals surface area contributed by atoms with Crippen molar-refractivity contribution in [3.05, 3.63) is 29.0 Å². The molecular formula is C16H20ClN3O3. The normalized spacial score (nSPS) is 18.1. The molecule has 7 heteroatoms. The van der Waals surface area contributed by atoms with E-state index >= 15 is 0 Å². The summed E-state index contributed by atoms with van der Waals surface area (Å²) in [5, 5.41) is 10.6. The van der Waals surface area contributed by atoms with Crippen LogP contribution in [0.4, 0.5) is 4.79 Å². The van der Waals surface area contributed by atoms with E-state index in [0.29, 0.717) is 17.3 Å². The van der Waals surface area contributed by atoms with Crippen molar-refractivity contribution in [1.29, 1.82) is 0 Å². The van der Waals surface area contributed by atoms with Gasteiger partial charge in [0, 0.05) is 24.5 Å². The van der Waals surface area contributed by atoms with E-state index in [9.17, 15) is 9.90 Å². The molecule has 1 unspecified atom stereocenters. The summed E-state index contributed by atoms with van der Waals surface area (Å²) in [5.74, 6) is 0. The minimum Gasteiger partial charge on any atom is -0.444 e. The first-order valence-electron chi connectivity index (χ1n) is 7.56. The Morgan fingerprint density at radius 1 is 1.52 bits per heavy atom. The third-order valence-electron chi connectivity index (χ3n) is 3.85. The second kappa shape index (κ2) is 5.69. The van der Waals surface area contributed by atoms with Crippen LogP contribution < -0.4 is 0 Å². The summed E-state index contributed by atoms with van der Waals surface area (Å²) >= 11 is 6.04. The Bertz CT molecular complexity index is 751. The fourth-order valence-electron chi connectivity index (χ4n) is 2.73. The number of amides is 1. The molecule has 3 rings (SSSR count). The third-order valence-corrected chi connectivity index (χ3v) is 4.04. The molecule has 124 valence electrons. The van der Waals surface area contributed by atoms with Gasteiger partial charge >= 0.3 is 6.09 Å². The Labute approximate surface area is 139 Å². The topological polar surface area (TPSA) is 67.6 Å². The Kier molecular flexibility index (Phi) is 3.98. The Morgan fingerprint density at radius 3 is 2.83 bits per heavy atom. The van der Waals surface area contributed by atoms with E-state index in [1.165, 1.54) is 0 Å². The third kappa shape index (κ3) is 3.01. The summed E-state index contributed by atoms with van der Waals surface area (Å²) in [6.45, 7) is 6.08. The van der Waals surface area contributed by atoms with Gasteiger partial charge in [0.2, 0.25) is 0 Å². The lowest BCUT2D eigenvalue weighted by atomic mass is 10.1. The van der Waals surface area contributed by atoms with Gasteiger partial charge in [-0.05, 0) is 38.5 Å². The standard InChI is InChI=1S/C16H20ClN3O3/c1-16(2,3)23-15(22)20-7-5-13(20)19-6-4-11-10(9-21)8-12(17)18-14(11)19/h4,6,8,13,21H,5,7,9H2,1-3H3. The molecule has 0 radical (unpaired) electrons. The van der Waals surface area contributed by atoms with Crippen LogP contribution in [0.2, 0.25) is 5.15 Å². The first kappa shape index (κ1) is 16.1. The highest BCUT2D eigenvalue weighted by molar-refractivity contribution is 6.29. The lowest BCUT2D eigenvalue weighted by molar-refractivity contribution is -0.0212. The van der Waals surface area contributed by atoms with Crippen LogP contribution in [0.15, 0.2) is 18.3 Å². The monoisotopic (exact) mass is 337 g/mol. The number of carbonyl (C=O) groups is 1. The van der Waals surface area contributed by atoms with Crippen LogP contribution in [0.5, 0.6) is 0 Å². The molecule has 6 nitrogen and oxygen atoms in total. The molecule has 1 N–H and O–H groups in total. The van der Waals surface area contributed by atoms with E-state index in [1.54, 1.807) is 11.0 Å². The number of hydrogen-bond donors (Lipinski definition) is 1. The molecule has 1 aliphatic heterocycles. The number of halogens is 1. The van der Waals surface area contributed by atoms with Gasteiger partial charge in [0.15, 0.2) is 0 Å². The molecule has 0 spiro atoms. The lowest BCUT2D eigenvalue weighted by Crippen LogP contribution is -2.49. The maximum atomic E-state index is 12.3. The lowest BCUT2D eigenvalue weighted by Gasteiger charge is -2.42. The number of fused-ring (bicyclic) bond motifs is 1. The largest absolute Gasteiger partial charge is 0.444 e. The molecule has 3 heterocycles. The minimum atomic E-state index is -0.526. The van der Waals surface area contributed by atoms with Crippen molar-refractivity contribution < 1.29 is 14.6 Å². The van der Waals surface area contributed by atoms with Gasteiger partial charge in [-0.25, -0.2) is 9.78 Å². The predicted molar refractivity (Wildman–Crippen MR) is 87.3 cm³/mol. The number of aliphatic hydroxyl groups excluding tert-OH is 1. The quantitative estimate of drug-likeness (QED) is 0.854. The van der Waals surface area contributed by atoms with Crippen molar-refractivity contribution in [3.63, 3.8) is 0 Å². The van der Waals surface area contributed by atoms with E-state index in [-0.39, 0.29) is 18.9 Å². The maximum Gasteiger partial charge on any atom is 0.411 e. The van der Waals surface area contributed by atoms with E-state index in [2.05, 4.69) is 4.98 Å². The minimum absolute atomic E-state index is 0.108. The first-order chi connectivity index (χ1) is 10.8. The van der Waals surface area contributed by atoms with Crippen molar-refractivity contribution in [2.75, 3.05) is 6.54 Å². The van der Waals surface area contributed by atoms with Crippen LogP contribution in [-0.2, 0) is 11.3 Å². The molecule has 0 aliphatic carbocycles. The molecule has 0 saturated carbocycles. The SMILES string of the molecule is CC(C)(C)OC(=O)N1CCC1n1ccc2c(CO)cc(Cl)nc21. The number of aromatic nitrogens is 2. The number of aliphatic hydroxyl groups is 1. The van der Waals surface area contributed by atoms with Gasteiger partial charge in [-0.3, -0.25) is 4.90 Å². The zero-order chi connectivity index (χ0) is 16.8. The van der Waals surface area contributed by atoms with E-state index in [4.69, 9.17) is 16.3 Å². The van der Waals surface area contributed by atoms with Gasteiger partial charge in [0.25, 0.3) is 0 Å². The molecule has 1 atom stereocenters. The highest BCUT2D eigenvalue weighted by atomic mass is 35.5. The summed E-state index contributed by atoms with van der Waals surface area (Å²) in [4.78, 5) is 18.3. The molecule has 1 saturated heterocycles. The molecule has 23 heavy (non-hydrogen) atoms. The zero-order valence-electron chi connectivity index (χ0n) is 13.4. The smallest absolute Gasteiger partial charge is 0.411 e. The molecule has 0 bridgehead atoms. The molecule has 2 aromatic heterocycles. The van der Waals surface area contributed by atoms with Gasteiger partial charge < -0.3 is 14.4 Å². The van der Waals surface area contributed by atoms with Gasteiger partial charge in [-0.2, -0.15) is 0 Å². The van der Waals surface area contributed by atoms with Crippen LogP contribution in [0.25, 0.3) is 11.0 Å². The molecule has 0 aromatic carbocycles. The molecular weight excluding hydrogens is 318 g/mol. The average molecular weight is 338 g/mol. The molecule has 1 fully saturated rings. The summed E-state index contributed by atoms with van der Waals surface area (Å²) < 4.78 is 7.35. The highest BCUT2D eigenvalue weighted by Gasteiger charge is 2.37. The Morgan fingerprint density at radius 2 is 2.26 bits per heavy atom.